The molecule has 0 fully saturated rings. The number of hydrogen-bond donors (Lipinski definition) is 3. The molecule has 0 atom stereocenters. The summed E-state index contributed by atoms with van der Waals surface area (Å²) in [4.78, 5) is 31.6. The van der Waals surface area contributed by atoms with Crippen molar-refractivity contribution >= 4 is 34.8 Å². The number of nitriles is 1. The van der Waals surface area contributed by atoms with Gasteiger partial charge in [0.25, 0.3) is 5.91 Å². The number of carbonyl (C=O) groups excluding carboxylic acids is 2. The molecular weight excluding hydrogens is 356 g/mol. The Morgan fingerprint density at radius 2 is 1.54 bits per heavy atom. The van der Waals surface area contributed by atoms with Gasteiger partial charge < -0.3 is 16.0 Å². The molecule has 3 N–H and O–H groups in total. The van der Waals surface area contributed by atoms with Gasteiger partial charge in [0.1, 0.15) is 6.07 Å². The van der Waals surface area contributed by atoms with Gasteiger partial charge in [0.2, 0.25) is 11.9 Å². The van der Waals surface area contributed by atoms with E-state index in [1.54, 1.807) is 48.5 Å². The number of amides is 2. The minimum Gasteiger partial charge on any atom is -0.326 e. The number of rotatable bonds is 5. The van der Waals surface area contributed by atoms with Crippen LogP contribution < -0.4 is 16.0 Å². The number of benzene rings is 2. The van der Waals surface area contributed by atoms with E-state index in [1.165, 1.54) is 19.3 Å². The molecule has 1 aromatic heterocycles. The van der Waals surface area contributed by atoms with Gasteiger partial charge in [0.05, 0.1) is 16.8 Å². The van der Waals surface area contributed by atoms with Crippen molar-refractivity contribution in [1.82, 2.24) is 9.97 Å². The zero-order valence-corrected chi connectivity index (χ0v) is 14.9. The van der Waals surface area contributed by atoms with Gasteiger partial charge in [-0.05, 0) is 36.4 Å². The molecule has 3 rings (SSSR count). The highest BCUT2D eigenvalue weighted by atomic mass is 16.2. The van der Waals surface area contributed by atoms with Crippen molar-refractivity contribution in [2.24, 2.45) is 0 Å². The number of nitrogens with zero attached hydrogens (tertiary/aromatic N) is 3. The average molecular weight is 372 g/mol. The molecule has 0 aliphatic rings. The number of para-hydroxylation sites is 1. The maximum Gasteiger partial charge on any atom is 0.258 e. The molecule has 0 saturated heterocycles. The van der Waals surface area contributed by atoms with E-state index in [2.05, 4.69) is 32.0 Å². The summed E-state index contributed by atoms with van der Waals surface area (Å²) in [7, 11) is 0. The lowest BCUT2D eigenvalue weighted by Gasteiger charge is -2.08. The van der Waals surface area contributed by atoms with Gasteiger partial charge in [-0.1, -0.05) is 12.1 Å². The van der Waals surface area contributed by atoms with E-state index in [0.29, 0.717) is 22.6 Å². The number of carbonyl (C=O) groups is 2. The largest absolute Gasteiger partial charge is 0.326 e. The van der Waals surface area contributed by atoms with E-state index in [4.69, 9.17) is 5.26 Å². The van der Waals surface area contributed by atoms with Gasteiger partial charge in [-0.3, -0.25) is 9.59 Å². The molecule has 0 aliphatic heterocycles. The first-order chi connectivity index (χ1) is 13.5. The Morgan fingerprint density at radius 3 is 2.14 bits per heavy atom. The first kappa shape index (κ1) is 18.5. The molecule has 0 aliphatic carbocycles. The summed E-state index contributed by atoms with van der Waals surface area (Å²) in [5, 5.41) is 17.4. The number of nitrogens with one attached hydrogen (secondary N) is 3. The molecular formula is C20H16N6O2. The van der Waals surface area contributed by atoms with Crippen molar-refractivity contribution in [3.05, 3.63) is 72.1 Å². The molecule has 2 aromatic carbocycles. The molecule has 0 unspecified atom stereocenters. The fourth-order valence-corrected chi connectivity index (χ4v) is 2.36. The van der Waals surface area contributed by atoms with Gasteiger partial charge in [0, 0.05) is 30.7 Å². The minimum atomic E-state index is -0.365. The van der Waals surface area contributed by atoms with E-state index >= 15 is 0 Å². The third-order valence-corrected chi connectivity index (χ3v) is 3.67. The van der Waals surface area contributed by atoms with Crippen LogP contribution in [0.1, 0.15) is 22.8 Å². The van der Waals surface area contributed by atoms with Crippen LogP contribution in [0.25, 0.3) is 0 Å². The lowest BCUT2D eigenvalue weighted by atomic mass is 10.2. The Kier molecular flexibility index (Phi) is 5.58. The highest BCUT2D eigenvalue weighted by molar-refractivity contribution is 6.04. The second-order valence-corrected chi connectivity index (χ2v) is 5.79. The van der Waals surface area contributed by atoms with Crippen LogP contribution in [-0.2, 0) is 4.79 Å². The second kappa shape index (κ2) is 8.42. The van der Waals surface area contributed by atoms with E-state index in [-0.39, 0.29) is 23.3 Å². The second-order valence-electron chi connectivity index (χ2n) is 5.79. The minimum absolute atomic E-state index is 0.167. The van der Waals surface area contributed by atoms with E-state index in [9.17, 15) is 9.59 Å². The Labute approximate surface area is 161 Å². The van der Waals surface area contributed by atoms with Crippen molar-refractivity contribution in [3.8, 4) is 6.07 Å². The lowest BCUT2D eigenvalue weighted by molar-refractivity contribution is -0.114. The Morgan fingerprint density at radius 1 is 0.929 bits per heavy atom. The summed E-state index contributed by atoms with van der Waals surface area (Å²) in [6, 6.07) is 15.8. The van der Waals surface area contributed by atoms with E-state index in [1.807, 2.05) is 0 Å². The summed E-state index contributed by atoms with van der Waals surface area (Å²) in [5.74, 6) is -0.254. The summed E-state index contributed by atoms with van der Waals surface area (Å²) >= 11 is 0. The normalized spacial score (nSPS) is 9.86. The zero-order valence-electron chi connectivity index (χ0n) is 14.9. The summed E-state index contributed by atoms with van der Waals surface area (Å²) in [6.45, 7) is 1.42. The SMILES string of the molecule is CC(=O)Nc1ccc(NC(=O)c2cnc(Nc3ccccc3C#N)nc2)cc1. The van der Waals surface area contributed by atoms with Crippen LogP contribution in [-0.4, -0.2) is 21.8 Å². The fraction of sp³-hybridized carbons (Fsp3) is 0.0500. The lowest BCUT2D eigenvalue weighted by Crippen LogP contribution is -2.13. The van der Waals surface area contributed by atoms with Crippen LogP contribution in [0.3, 0.4) is 0 Å². The maximum atomic E-state index is 12.3. The molecule has 28 heavy (non-hydrogen) atoms. The number of aromatic nitrogens is 2. The summed E-state index contributed by atoms with van der Waals surface area (Å²) < 4.78 is 0. The molecule has 0 saturated carbocycles. The number of anilines is 4. The average Bonchev–Trinajstić information content (AvgIpc) is 2.70. The molecule has 8 heteroatoms. The van der Waals surface area contributed by atoms with Crippen molar-refractivity contribution in [1.29, 1.82) is 5.26 Å². The first-order valence-corrected chi connectivity index (χ1v) is 8.32. The van der Waals surface area contributed by atoms with Gasteiger partial charge in [-0.2, -0.15) is 5.26 Å². The van der Waals surface area contributed by atoms with Gasteiger partial charge >= 0.3 is 0 Å². The van der Waals surface area contributed by atoms with E-state index < -0.39 is 0 Å². The van der Waals surface area contributed by atoms with Crippen LogP contribution in [0.2, 0.25) is 0 Å². The van der Waals surface area contributed by atoms with Gasteiger partial charge in [-0.25, -0.2) is 9.97 Å². The maximum absolute atomic E-state index is 12.3. The fourth-order valence-electron chi connectivity index (χ4n) is 2.36. The zero-order chi connectivity index (χ0) is 19.9. The highest BCUT2D eigenvalue weighted by Crippen LogP contribution is 2.18. The van der Waals surface area contributed by atoms with Crippen molar-refractivity contribution in [3.63, 3.8) is 0 Å². The third-order valence-electron chi connectivity index (χ3n) is 3.67. The molecule has 138 valence electrons. The molecule has 1 heterocycles. The molecule has 3 aromatic rings. The highest BCUT2D eigenvalue weighted by Gasteiger charge is 2.09. The molecule has 0 spiro atoms. The first-order valence-electron chi connectivity index (χ1n) is 8.32. The van der Waals surface area contributed by atoms with Crippen LogP contribution in [0, 0.1) is 11.3 Å². The van der Waals surface area contributed by atoms with Crippen molar-refractivity contribution < 1.29 is 9.59 Å². The summed E-state index contributed by atoms with van der Waals surface area (Å²) in [6.07, 6.45) is 2.79. The number of hydrogen-bond acceptors (Lipinski definition) is 6. The predicted octanol–water partition coefficient (Wildman–Crippen LogP) is 3.30. The topological polar surface area (TPSA) is 120 Å². The van der Waals surface area contributed by atoms with Crippen LogP contribution in [0.15, 0.2) is 60.9 Å². The van der Waals surface area contributed by atoms with E-state index in [0.717, 1.165) is 0 Å². The van der Waals surface area contributed by atoms with Crippen LogP contribution >= 0.6 is 0 Å². The Bertz CT molecular complexity index is 1040. The smallest absolute Gasteiger partial charge is 0.258 e. The van der Waals surface area contributed by atoms with Crippen LogP contribution in [0.5, 0.6) is 0 Å². The Balaban J connectivity index is 1.65. The third kappa shape index (κ3) is 4.68. The van der Waals surface area contributed by atoms with Crippen molar-refractivity contribution in [2.45, 2.75) is 6.92 Å². The van der Waals surface area contributed by atoms with Crippen LogP contribution in [0.4, 0.5) is 23.0 Å². The van der Waals surface area contributed by atoms with Gasteiger partial charge in [0.15, 0.2) is 0 Å². The molecule has 2 amide bonds. The monoisotopic (exact) mass is 372 g/mol. The van der Waals surface area contributed by atoms with Gasteiger partial charge in [-0.15, -0.1) is 0 Å². The molecule has 0 bridgehead atoms. The molecule has 8 nitrogen and oxygen atoms in total. The molecule has 0 radical (unpaired) electrons. The summed E-state index contributed by atoms with van der Waals surface area (Å²) in [5.41, 5.74) is 2.55. The Hall–Kier alpha value is -4.25. The standard InChI is InChI=1S/C20H16N6O2/c1-13(27)24-16-6-8-17(9-7-16)25-19(28)15-11-22-20(23-12-15)26-18-5-3-2-4-14(18)10-21/h2-9,11-12H,1H3,(H,24,27)(H,25,28)(H,22,23,26). The quantitative estimate of drug-likeness (QED) is 0.632. The van der Waals surface area contributed by atoms with Crippen molar-refractivity contribution in [2.75, 3.05) is 16.0 Å². The predicted molar refractivity (Wildman–Crippen MR) is 105 cm³/mol.